The summed E-state index contributed by atoms with van der Waals surface area (Å²) >= 11 is 0. The number of carbonyl (C=O) groups is 3. The van der Waals surface area contributed by atoms with E-state index < -0.39 is 37.6 Å². The first-order chi connectivity index (χ1) is 29.8. The lowest BCUT2D eigenvalue weighted by molar-refractivity contribution is -0.150. The highest BCUT2D eigenvalue weighted by Crippen LogP contribution is 2.61. The van der Waals surface area contributed by atoms with Crippen LogP contribution in [-0.2, 0) is 44.2 Å². The Bertz CT molecular complexity index is 2240. The van der Waals surface area contributed by atoms with E-state index >= 15 is 8.90 Å². The fourth-order valence-electron chi connectivity index (χ4n) is 9.73. The predicted molar refractivity (Wildman–Crippen MR) is 239 cm³/mol. The molecule has 3 aliphatic rings. The van der Waals surface area contributed by atoms with Crippen molar-refractivity contribution in [2.45, 2.75) is 89.0 Å². The molecule has 0 radical (unpaired) electrons. The van der Waals surface area contributed by atoms with E-state index in [2.05, 4.69) is 5.32 Å². The standard InChI is InChI=1S/C48H59FN4O8Si/c1-6-60-38-18-19-41-35(26-38)27-40(50-21-10-11-23-54)46(57)53(41)36-16-12-15-34(25-36)31-52-42-20-17-37(59-3)28-39(42)48(47(52)58)32(2)45(62(4,5)49)43(61-48)29-44(56)51(22-24-55)30-33-13-8-7-9-14-33/h7-9,12-20,25-26,28,32,40,43,45,50,54-55H,6,10-11,21-24,27,29-31H2,1-5H3/t32-,40?,43+,45-,48+/m1/s1. The number of halogens is 1. The van der Waals surface area contributed by atoms with Crippen LogP contribution in [0, 0.1) is 5.92 Å². The molecule has 62 heavy (non-hydrogen) atoms. The Labute approximate surface area is 364 Å². The molecule has 3 heterocycles. The lowest BCUT2D eigenvalue weighted by Gasteiger charge is -2.35. The molecule has 1 saturated heterocycles. The summed E-state index contributed by atoms with van der Waals surface area (Å²) in [7, 11) is -2.06. The monoisotopic (exact) mass is 866 g/mol. The first kappa shape index (κ1) is 44.9. The summed E-state index contributed by atoms with van der Waals surface area (Å²) in [5, 5.41) is 22.6. The highest BCUT2D eigenvalue weighted by atomic mass is 28.4. The predicted octanol–water partition coefficient (Wildman–Crippen LogP) is 6.78. The molecule has 0 bridgehead atoms. The van der Waals surface area contributed by atoms with Gasteiger partial charge in [0, 0.05) is 42.4 Å². The van der Waals surface area contributed by atoms with E-state index in [1.54, 1.807) is 47.0 Å². The van der Waals surface area contributed by atoms with E-state index in [-0.39, 0.29) is 57.0 Å². The molecule has 7 rings (SSSR count). The van der Waals surface area contributed by atoms with Gasteiger partial charge in [0.05, 0.1) is 56.8 Å². The summed E-state index contributed by atoms with van der Waals surface area (Å²) in [5.41, 5.74) is 2.80. The molecule has 1 unspecified atom stereocenters. The maximum atomic E-state index is 16.7. The molecule has 4 aromatic carbocycles. The van der Waals surface area contributed by atoms with Crippen LogP contribution in [0.3, 0.4) is 0 Å². The van der Waals surface area contributed by atoms with Crippen molar-refractivity contribution in [3.05, 3.63) is 113 Å². The lowest BCUT2D eigenvalue weighted by atomic mass is 9.82. The number of nitrogens with zero attached hydrogens (tertiary/aromatic N) is 3. The van der Waals surface area contributed by atoms with Gasteiger partial charge in [-0.05, 0) is 111 Å². The van der Waals surface area contributed by atoms with Crippen molar-refractivity contribution >= 4 is 43.2 Å². The molecule has 3 N–H and O–H groups in total. The number of hydrogen-bond donors (Lipinski definition) is 3. The molecule has 14 heteroatoms. The van der Waals surface area contributed by atoms with Crippen LogP contribution >= 0.6 is 0 Å². The van der Waals surface area contributed by atoms with E-state index in [0.717, 1.165) is 34.5 Å². The smallest absolute Gasteiger partial charge is 0.264 e. The highest BCUT2D eigenvalue weighted by molar-refractivity contribution is 6.72. The molecule has 3 aliphatic heterocycles. The molecule has 0 aliphatic carbocycles. The number of benzene rings is 4. The van der Waals surface area contributed by atoms with Gasteiger partial charge in [-0.15, -0.1) is 0 Å². The van der Waals surface area contributed by atoms with Gasteiger partial charge < -0.3 is 43.6 Å². The average Bonchev–Trinajstić information content (AvgIpc) is 3.68. The van der Waals surface area contributed by atoms with Crippen LogP contribution in [0.4, 0.5) is 21.2 Å². The maximum Gasteiger partial charge on any atom is 0.264 e. The number of fused-ring (bicyclic) bond motifs is 3. The third-order valence-corrected chi connectivity index (χ3v) is 15.0. The molecule has 330 valence electrons. The van der Waals surface area contributed by atoms with Gasteiger partial charge in [0.2, 0.25) is 20.2 Å². The van der Waals surface area contributed by atoms with Crippen LogP contribution in [0.25, 0.3) is 0 Å². The first-order valence-electron chi connectivity index (χ1n) is 21.7. The second-order valence-corrected chi connectivity index (χ2v) is 20.8. The summed E-state index contributed by atoms with van der Waals surface area (Å²) < 4.78 is 35.1. The molecular weight excluding hydrogens is 808 g/mol. The van der Waals surface area contributed by atoms with Crippen molar-refractivity contribution < 1.29 is 42.9 Å². The van der Waals surface area contributed by atoms with Crippen molar-refractivity contribution in [2.75, 3.05) is 49.8 Å². The van der Waals surface area contributed by atoms with Crippen LogP contribution in [-0.4, -0.2) is 93.4 Å². The van der Waals surface area contributed by atoms with E-state index in [9.17, 15) is 19.8 Å². The Kier molecular flexibility index (Phi) is 13.8. The van der Waals surface area contributed by atoms with Gasteiger partial charge >= 0.3 is 0 Å². The number of carbonyl (C=O) groups excluding carboxylic acids is 3. The Hall–Kier alpha value is -5.12. The van der Waals surface area contributed by atoms with Crippen LogP contribution in [0.2, 0.25) is 18.6 Å². The third-order valence-electron chi connectivity index (χ3n) is 12.5. The average molecular weight is 867 g/mol. The Morgan fingerprint density at radius 2 is 1.69 bits per heavy atom. The van der Waals surface area contributed by atoms with Gasteiger partial charge in [0.1, 0.15) is 11.5 Å². The summed E-state index contributed by atoms with van der Waals surface area (Å²) in [6.07, 6.45) is 0.762. The molecule has 12 nitrogen and oxygen atoms in total. The summed E-state index contributed by atoms with van der Waals surface area (Å²) in [6.45, 7) is 8.40. The third kappa shape index (κ3) is 8.89. The number of unbranched alkanes of at least 4 members (excludes halogenated alkanes) is 1. The zero-order valence-electron chi connectivity index (χ0n) is 36.3. The first-order valence-corrected chi connectivity index (χ1v) is 24.6. The topological polar surface area (TPSA) is 141 Å². The molecule has 3 amide bonds. The molecule has 1 spiro atoms. The number of amides is 3. The Morgan fingerprint density at radius 3 is 2.40 bits per heavy atom. The fraction of sp³-hybridized carbons (Fsp3) is 0.438. The SMILES string of the molecule is CCOc1ccc2c(c1)CC(NCCCCO)C(=O)N2c1cccc(CN2C(=O)[C@@]3(O[C@@H](CC(=O)N(CCO)Cc4ccccc4)[C@H]([Si](C)(C)F)[C@H]3C)c3cc(OC)ccc32)c1. The van der Waals surface area contributed by atoms with Gasteiger partial charge in [0.25, 0.3) is 5.91 Å². The zero-order valence-corrected chi connectivity index (χ0v) is 37.3. The Morgan fingerprint density at radius 1 is 0.952 bits per heavy atom. The number of methoxy groups -OCH3 is 1. The molecule has 0 saturated carbocycles. The molecule has 1 fully saturated rings. The minimum Gasteiger partial charge on any atom is -0.497 e. The highest BCUT2D eigenvalue weighted by Gasteiger charge is 2.67. The minimum atomic E-state index is -3.61. The normalized spacial score (nSPS) is 21.9. The number of aliphatic hydroxyl groups is 2. The number of rotatable bonds is 18. The van der Waals surface area contributed by atoms with E-state index in [4.69, 9.17) is 14.2 Å². The van der Waals surface area contributed by atoms with E-state index in [1.807, 2.05) is 92.7 Å². The van der Waals surface area contributed by atoms with Crippen LogP contribution in [0.5, 0.6) is 11.5 Å². The minimum absolute atomic E-state index is 0.0826. The number of nitrogens with one attached hydrogen (secondary N) is 1. The van der Waals surface area contributed by atoms with Crippen molar-refractivity contribution in [3.63, 3.8) is 0 Å². The fourth-order valence-corrected chi connectivity index (χ4v) is 12.2. The second-order valence-electron chi connectivity index (χ2n) is 17.0. The van der Waals surface area contributed by atoms with Crippen molar-refractivity contribution in [1.82, 2.24) is 10.2 Å². The number of hydrogen-bond acceptors (Lipinski definition) is 9. The maximum absolute atomic E-state index is 16.7. The van der Waals surface area contributed by atoms with Crippen molar-refractivity contribution in [2.24, 2.45) is 5.92 Å². The number of anilines is 3. The van der Waals surface area contributed by atoms with Gasteiger partial charge in [-0.1, -0.05) is 49.4 Å². The molecular formula is C48H59FN4O8Si. The van der Waals surface area contributed by atoms with E-state index in [1.165, 1.54) is 0 Å². The summed E-state index contributed by atoms with van der Waals surface area (Å²) in [5.74, 6) is -0.187. The number of aliphatic hydroxyl groups excluding tert-OH is 2. The van der Waals surface area contributed by atoms with Gasteiger partial charge in [-0.2, -0.15) is 0 Å². The van der Waals surface area contributed by atoms with Gasteiger partial charge in [0.15, 0.2) is 5.60 Å². The van der Waals surface area contributed by atoms with Crippen molar-refractivity contribution in [3.8, 4) is 11.5 Å². The molecule has 5 atom stereocenters. The van der Waals surface area contributed by atoms with E-state index in [0.29, 0.717) is 48.7 Å². The van der Waals surface area contributed by atoms with Crippen LogP contribution in [0.1, 0.15) is 55.4 Å². The summed E-state index contributed by atoms with van der Waals surface area (Å²) in [6, 6.07) is 27.7. The van der Waals surface area contributed by atoms with Crippen LogP contribution < -0.4 is 24.6 Å². The molecule has 4 aromatic rings. The molecule has 0 aromatic heterocycles. The zero-order chi connectivity index (χ0) is 44.2. The Balaban J connectivity index is 1.21. The van der Waals surface area contributed by atoms with Gasteiger partial charge in [-0.25, -0.2) is 0 Å². The quantitative estimate of drug-likeness (QED) is 0.0561. The summed E-state index contributed by atoms with van der Waals surface area (Å²) in [4.78, 5) is 48.6. The van der Waals surface area contributed by atoms with Gasteiger partial charge in [-0.3, -0.25) is 19.3 Å². The largest absolute Gasteiger partial charge is 0.497 e. The number of ether oxygens (including phenoxy) is 3. The van der Waals surface area contributed by atoms with Crippen LogP contribution in [0.15, 0.2) is 91.0 Å². The lowest BCUT2D eigenvalue weighted by Crippen LogP contribution is -2.49. The second kappa shape index (κ2) is 19.1. The van der Waals surface area contributed by atoms with Crippen molar-refractivity contribution in [1.29, 1.82) is 0 Å².